The summed E-state index contributed by atoms with van der Waals surface area (Å²) in [7, 11) is 0. The highest BCUT2D eigenvalue weighted by molar-refractivity contribution is 6.32. The van der Waals surface area contributed by atoms with Crippen molar-refractivity contribution < 1.29 is 22.6 Å². The van der Waals surface area contributed by atoms with E-state index >= 15 is 0 Å². The van der Waals surface area contributed by atoms with Crippen molar-refractivity contribution in [3.8, 4) is 11.5 Å². The standard InChI is InChI=1S/C14H14ClF3NO2/c15-11-2-1-3-12(13(11)21-14(16,17)18)20-10-6-8-4-5-9(7-10)19-8/h1-3,8,10,19H,4-7H2. The van der Waals surface area contributed by atoms with Crippen molar-refractivity contribution in [2.75, 3.05) is 0 Å². The van der Waals surface area contributed by atoms with Gasteiger partial charge in [-0.25, -0.2) is 0 Å². The molecule has 0 spiro atoms. The summed E-state index contributed by atoms with van der Waals surface area (Å²) in [6.07, 6.45) is -1.42. The lowest BCUT2D eigenvalue weighted by Crippen LogP contribution is -2.38. The van der Waals surface area contributed by atoms with Crippen LogP contribution in [0.15, 0.2) is 18.2 Å². The second-order valence-electron chi connectivity index (χ2n) is 5.28. The molecule has 7 heteroatoms. The first-order valence-corrected chi connectivity index (χ1v) is 7.10. The normalized spacial score (nSPS) is 25.9. The fraction of sp³-hybridized carbons (Fsp3) is 0.500. The molecule has 1 aromatic carbocycles. The van der Waals surface area contributed by atoms with Crippen LogP contribution in [0.25, 0.3) is 0 Å². The van der Waals surface area contributed by atoms with Crippen LogP contribution in [0.4, 0.5) is 13.2 Å². The van der Waals surface area contributed by atoms with E-state index in [4.69, 9.17) is 16.3 Å². The van der Waals surface area contributed by atoms with Crippen molar-refractivity contribution in [2.24, 2.45) is 0 Å². The smallest absolute Gasteiger partial charge is 0.486 e. The molecule has 21 heavy (non-hydrogen) atoms. The molecule has 2 unspecified atom stereocenters. The number of benzene rings is 1. The molecule has 0 aromatic heterocycles. The molecule has 2 atom stereocenters. The lowest BCUT2D eigenvalue weighted by molar-refractivity contribution is -0.275. The molecule has 1 radical (unpaired) electrons. The van der Waals surface area contributed by atoms with Crippen LogP contribution in [-0.2, 0) is 0 Å². The van der Waals surface area contributed by atoms with Crippen LogP contribution in [0, 0.1) is 6.04 Å². The molecule has 2 aliphatic heterocycles. The van der Waals surface area contributed by atoms with Gasteiger partial charge in [-0.1, -0.05) is 17.7 Å². The topological polar surface area (TPSA) is 30.5 Å². The Hall–Kier alpha value is -1.14. The largest absolute Gasteiger partial charge is 0.573 e. The Bertz CT molecular complexity index is 511. The van der Waals surface area contributed by atoms with Gasteiger partial charge in [0.15, 0.2) is 11.5 Å². The molecule has 2 fully saturated rings. The van der Waals surface area contributed by atoms with E-state index in [0.717, 1.165) is 19.3 Å². The zero-order chi connectivity index (χ0) is 15.0. The highest BCUT2D eigenvalue weighted by Crippen LogP contribution is 2.41. The molecular weight excluding hydrogens is 307 g/mol. The number of hydrogen-bond donors (Lipinski definition) is 1. The summed E-state index contributed by atoms with van der Waals surface area (Å²) < 4.78 is 47.1. The summed E-state index contributed by atoms with van der Waals surface area (Å²) in [6, 6.07) is 5.89. The van der Waals surface area contributed by atoms with Crippen LogP contribution in [0.1, 0.15) is 25.7 Å². The van der Waals surface area contributed by atoms with Crippen molar-refractivity contribution in [1.82, 2.24) is 5.32 Å². The third kappa shape index (κ3) is 3.55. The van der Waals surface area contributed by atoms with E-state index in [1.54, 1.807) is 6.07 Å². The second kappa shape index (κ2) is 5.57. The number of hydrogen-bond acceptors (Lipinski definition) is 3. The SMILES string of the molecule is FC(F)(F)Oc1c(Cl)cccc1OC1C[C]2CCC(C1)N2. The number of alkyl halides is 3. The number of fused-ring (bicyclic) bond motifs is 2. The van der Waals surface area contributed by atoms with Gasteiger partial charge in [0.25, 0.3) is 0 Å². The van der Waals surface area contributed by atoms with Gasteiger partial charge in [-0.3, -0.25) is 0 Å². The number of para-hydroxylation sites is 1. The van der Waals surface area contributed by atoms with Gasteiger partial charge in [0.1, 0.15) is 6.10 Å². The number of rotatable bonds is 3. The van der Waals surface area contributed by atoms with E-state index in [-0.39, 0.29) is 16.9 Å². The van der Waals surface area contributed by atoms with Crippen molar-refractivity contribution in [2.45, 2.75) is 44.2 Å². The van der Waals surface area contributed by atoms with Crippen LogP contribution < -0.4 is 14.8 Å². The van der Waals surface area contributed by atoms with E-state index in [1.165, 1.54) is 18.2 Å². The van der Waals surface area contributed by atoms with Crippen molar-refractivity contribution >= 4 is 11.6 Å². The van der Waals surface area contributed by atoms with Gasteiger partial charge < -0.3 is 14.8 Å². The third-order valence-electron chi connectivity index (χ3n) is 3.67. The lowest BCUT2D eigenvalue weighted by atomic mass is 10.0. The van der Waals surface area contributed by atoms with Gasteiger partial charge in [0.2, 0.25) is 0 Å². The third-order valence-corrected chi connectivity index (χ3v) is 3.96. The monoisotopic (exact) mass is 320 g/mol. The predicted octanol–water partition coefficient (Wildman–Crippen LogP) is 4.06. The molecule has 3 nitrogen and oxygen atoms in total. The van der Waals surface area contributed by atoms with E-state index in [9.17, 15) is 13.2 Å². The Balaban J connectivity index is 1.77. The highest BCUT2D eigenvalue weighted by atomic mass is 35.5. The van der Waals surface area contributed by atoms with Gasteiger partial charge in [-0.15, -0.1) is 13.2 Å². The summed E-state index contributed by atoms with van der Waals surface area (Å²) in [5.41, 5.74) is 0. The molecule has 2 aliphatic rings. The molecule has 1 N–H and O–H groups in total. The minimum Gasteiger partial charge on any atom is -0.486 e. The Morgan fingerprint density at radius 1 is 1.29 bits per heavy atom. The van der Waals surface area contributed by atoms with Gasteiger partial charge in [-0.2, -0.15) is 0 Å². The molecule has 2 heterocycles. The quantitative estimate of drug-likeness (QED) is 0.911. The van der Waals surface area contributed by atoms with Gasteiger partial charge in [0, 0.05) is 18.5 Å². The fourth-order valence-corrected chi connectivity index (χ4v) is 3.07. The van der Waals surface area contributed by atoms with Crippen LogP contribution in [0.5, 0.6) is 11.5 Å². The van der Waals surface area contributed by atoms with Crippen molar-refractivity contribution in [3.63, 3.8) is 0 Å². The summed E-state index contributed by atoms with van der Waals surface area (Å²) >= 11 is 5.80. The maximum Gasteiger partial charge on any atom is 0.573 e. The number of halogens is 4. The summed E-state index contributed by atoms with van der Waals surface area (Å²) in [6.45, 7) is 0. The first-order chi connectivity index (χ1) is 9.90. The average Bonchev–Trinajstić information content (AvgIpc) is 2.72. The summed E-state index contributed by atoms with van der Waals surface area (Å²) in [4.78, 5) is 0. The zero-order valence-electron chi connectivity index (χ0n) is 11.0. The fourth-order valence-electron chi connectivity index (χ4n) is 2.86. The first-order valence-electron chi connectivity index (χ1n) is 6.73. The average molecular weight is 321 g/mol. The van der Waals surface area contributed by atoms with E-state index < -0.39 is 12.1 Å². The van der Waals surface area contributed by atoms with Crippen molar-refractivity contribution in [1.29, 1.82) is 0 Å². The van der Waals surface area contributed by atoms with Gasteiger partial charge >= 0.3 is 6.36 Å². The summed E-state index contributed by atoms with van der Waals surface area (Å²) in [5.74, 6) is -0.436. The number of ether oxygens (including phenoxy) is 2. The molecule has 115 valence electrons. The van der Waals surface area contributed by atoms with Gasteiger partial charge in [0.05, 0.1) is 5.02 Å². The Morgan fingerprint density at radius 2 is 2.10 bits per heavy atom. The molecule has 1 aromatic rings. The Kier molecular flexibility index (Phi) is 3.92. The Labute approximate surface area is 125 Å². The second-order valence-corrected chi connectivity index (χ2v) is 5.69. The molecule has 0 amide bonds. The zero-order valence-corrected chi connectivity index (χ0v) is 11.8. The molecule has 2 bridgehead atoms. The minimum absolute atomic E-state index is 0.0340. The number of piperidine rings is 1. The molecular formula is C14H14ClF3NO2. The highest BCUT2D eigenvalue weighted by Gasteiger charge is 2.37. The van der Waals surface area contributed by atoms with E-state index in [2.05, 4.69) is 10.1 Å². The van der Waals surface area contributed by atoms with Crippen molar-refractivity contribution in [3.05, 3.63) is 29.3 Å². The van der Waals surface area contributed by atoms with E-state index in [1.807, 2.05) is 0 Å². The van der Waals surface area contributed by atoms with Crippen LogP contribution in [0.2, 0.25) is 5.02 Å². The molecule has 0 saturated carbocycles. The lowest BCUT2D eigenvalue weighted by Gasteiger charge is -2.29. The first kappa shape index (κ1) is 14.8. The molecule has 3 rings (SSSR count). The summed E-state index contributed by atoms with van der Waals surface area (Å²) in [5, 5.41) is 3.25. The Morgan fingerprint density at radius 3 is 2.81 bits per heavy atom. The van der Waals surface area contributed by atoms with Crippen LogP contribution in [0.3, 0.4) is 0 Å². The maximum absolute atomic E-state index is 12.5. The predicted molar refractivity (Wildman–Crippen MR) is 71.2 cm³/mol. The van der Waals surface area contributed by atoms with Gasteiger partial charge in [-0.05, 0) is 31.4 Å². The molecule has 0 aliphatic carbocycles. The molecule has 2 saturated heterocycles. The minimum atomic E-state index is -4.80. The number of nitrogens with one attached hydrogen (secondary N) is 1. The van der Waals surface area contributed by atoms with E-state index in [0.29, 0.717) is 12.5 Å². The van der Waals surface area contributed by atoms with Crippen LogP contribution in [-0.4, -0.2) is 18.5 Å². The van der Waals surface area contributed by atoms with Crippen LogP contribution >= 0.6 is 11.6 Å². The maximum atomic E-state index is 12.5.